The minimum Gasteiger partial charge on any atom is -0.493 e. The van der Waals surface area contributed by atoms with Crippen LogP contribution in [0.1, 0.15) is 67.2 Å². The first-order valence-electron chi connectivity index (χ1n) is 13.1. The minimum absolute atomic E-state index is 0.117. The van der Waals surface area contributed by atoms with Crippen LogP contribution < -0.4 is 14.8 Å². The fraction of sp³-hybridized carbons (Fsp3) is 0.419. The number of aromatic nitrogens is 1. The Kier molecular flexibility index (Phi) is 8.21. The van der Waals surface area contributed by atoms with Crippen molar-refractivity contribution in [2.75, 3.05) is 20.3 Å². The van der Waals surface area contributed by atoms with E-state index in [-0.39, 0.29) is 30.8 Å². The van der Waals surface area contributed by atoms with E-state index >= 15 is 0 Å². The number of carbonyl (C=O) groups is 1. The number of pyridine rings is 1. The number of hydrogen-bond donors (Lipinski definition) is 3. The van der Waals surface area contributed by atoms with E-state index in [1.165, 1.54) is 12.7 Å². The van der Waals surface area contributed by atoms with Gasteiger partial charge in [0.15, 0.2) is 17.3 Å². The van der Waals surface area contributed by atoms with Gasteiger partial charge in [-0.15, -0.1) is 0 Å². The molecule has 38 heavy (non-hydrogen) atoms. The highest BCUT2D eigenvalue weighted by atomic mass is 16.5. The molecular weight excluding hydrogens is 480 g/mol. The van der Waals surface area contributed by atoms with Gasteiger partial charge in [0.05, 0.1) is 24.6 Å². The van der Waals surface area contributed by atoms with Crippen molar-refractivity contribution >= 4 is 5.78 Å². The number of ketones is 1. The number of rotatable bonds is 11. The molecule has 1 saturated heterocycles. The van der Waals surface area contributed by atoms with Crippen LogP contribution in [0.2, 0.25) is 0 Å². The van der Waals surface area contributed by atoms with Gasteiger partial charge in [-0.05, 0) is 83.0 Å². The molecule has 1 aliphatic heterocycles. The number of nitrogens with zero attached hydrogens (tertiary/aromatic N) is 1. The van der Waals surface area contributed by atoms with Crippen molar-refractivity contribution in [1.29, 1.82) is 0 Å². The molecule has 3 N–H and O–H groups in total. The quantitative estimate of drug-likeness (QED) is 0.310. The monoisotopic (exact) mass is 518 g/mol. The SMILES string of the molecule is COc1cc(C(=O)CCC(C)(O)c2cc(C3(C)CCN3)cc(-c3ccc(C)cc3)n2)ccc1OCC(C)O. The summed E-state index contributed by atoms with van der Waals surface area (Å²) >= 11 is 0. The van der Waals surface area contributed by atoms with E-state index < -0.39 is 11.7 Å². The molecule has 3 unspecified atom stereocenters. The molecule has 2 aromatic carbocycles. The zero-order valence-electron chi connectivity index (χ0n) is 22.9. The van der Waals surface area contributed by atoms with Gasteiger partial charge in [0.1, 0.15) is 12.2 Å². The Bertz CT molecular complexity index is 1280. The van der Waals surface area contributed by atoms with E-state index in [0.717, 1.165) is 29.8 Å². The lowest BCUT2D eigenvalue weighted by Crippen LogP contribution is -2.51. The number of aryl methyl sites for hydroxylation is 1. The molecule has 3 aromatic rings. The van der Waals surface area contributed by atoms with Crippen LogP contribution in [0.4, 0.5) is 0 Å². The maximum atomic E-state index is 13.1. The standard InChI is InChI=1S/C31H38N2O5/c1-20-6-8-22(9-7-20)25-17-24(30(3)14-15-32-30)18-29(33-25)31(4,36)13-12-26(35)23-10-11-27(28(16-23)37-5)38-19-21(2)34/h6-11,16-18,21,32,34,36H,12-15,19H2,1-5H3. The van der Waals surface area contributed by atoms with E-state index in [4.69, 9.17) is 14.5 Å². The summed E-state index contributed by atoms with van der Waals surface area (Å²) in [5.74, 6) is 0.759. The number of benzene rings is 2. The van der Waals surface area contributed by atoms with Crippen LogP contribution >= 0.6 is 0 Å². The van der Waals surface area contributed by atoms with E-state index in [1.807, 2.05) is 25.1 Å². The molecular formula is C31H38N2O5. The lowest BCUT2D eigenvalue weighted by Gasteiger charge is -2.41. The molecule has 0 spiro atoms. The lowest BCUT2D eigenvalue weighted by atomic mass is 9.81. The van der Waals surface area contributed by atoms with Crippen LogP contribution in [0.3, 0.4) is 0 Å². The first kappa shape index (κ1) is 27.8. The number of aliphatic hydroxyl groups excluding tert-OH is 1. The molecule has 1 aliphatic rings. The molecule has 0 aliphatic carbocycles. The Morgan fingerprint density at radius 2 is 1.87 bits per heavy atom. The van der Waals surface area contributed by atoms with E-state index in [9.17, 15) is 15.0 Å². The molecule has 2 heterocycles. The highest BCUT2D eigenvalue weighted by molar-refractivity contribution is 5.96. The van der Waals surface area contributed by atoms with Gasteiger partial charge in [-0.1, -0.05) is 29.8 Å². The predicted molar refractivity (Wildman–Crippen MR) is 148 cm³/mol. The molecule has 3 atom stereocenters. The molecule has 1 fully saturated rings. The first-order valence-corrected chi connectivity index (χ1v) is 13.1. The smallest absolute Gasteiger partial charge is 0.163 e. The van der Waals surface area contributed by atoms with Crippen molar-refractivity contribution in [1.82, 2.24) is 10.3 Å². The Morgan fingerprint density at radius 1 is 1.16 bits per heavy atom. The number of ether oxygens (including phenoxy) is 2. The van der Waals surface area contributed by atoms with Crippen molar-refractivity contribution in [3.05, 3.63) is 77.0 Å². The van der Waals surface area contributed by atoms with Crippen LogP contribution in [0, 0.1) is 6.92 Å². The largest absolute Gasteiger partial charge is 0.493 e. The van der Waals surface area contributed by atoms with Gasteiger partial charge >= 0.3 is 0 Å². The molecule has 0 bridgehead atoms. The molecule has 0 saturated carbocycles. The molecule has 0 radical (unpaired) electrons. The van der Waals surface area contributed by atoms with Gasteiger partial charge in [-0.25, -0.2) is 4.98 Å². The molecule has 1 aromatic heterocycles. The number of carbonyl (C=O) groups excluding carboxylic acids is 1. The molecule has 4 rings (SSSR count). The number of hydrogen-bond acceptors (Lipinski definition) is 7. The number of Topliss-reactive ketones (excluding diaryl/α,β-unsaturated/α-hetero) is 1. The van der Waals surface area contributed by atoms with Crippen LogP contribution in [0.25, 0.3) is 11.3 Å². The summed E-state index contributed by atoms with van der Waals surface area (Å²) in [7, 11) is 1.51. The highest BCUT2D eigenvalue weighted by Crippen LogP contribution is 2.37. The second-order valence-electron chi connectivity index (χ2n) is 10.7. The summed E-state index contributed by atoms with van der Waals surface area (Å²) in [6, 6.07) is 17.2. The van der Waals surface area contributed by atoms with Crippen molar-refractivity contribution in [2.45, 2.75) is 64.2 Å². The Hall–Kier alpha value is -3.26. The zero-order chi connectivity index (χ0) is 27.5. The van der Waals surface area contributed by atoms with Gasteiger partial charge in [0, 0.05) is 23.1 Å². The molecule has 202 valence electrons. The summed E-state index contributed by atoms with van der Waals surface area (Å²) in [6.45, 7) is 8.63. The predicted octanol–water partition coefficient (Wildman–Crippen LogP) is 4.90. The lowest BCUT2D eigenvalue weighted by molar-refractivity contribution is 0.0395. The average molecular weight is 519 g/mol. The van der Waals surface area contributed by atoms with Crippen LogP contribution in [-0.2, 0) is 11.1 Å². The highest BCUT2D eigenvalue weighted by Gasteiger charge is 2.36. The summed E-state index contributed by atoms with van der Waals surface area (Å²) in [5, 5.41) is 24.5. The molecule has 7 heteroatoms. The van der Waals surface area contributed by atoms with Crippen LogP contribution in [0.5, 0.6) is 11.5 Å². The van der Waals surface area contributed by atoms with Crippen LogP contribution in [-0.4, -0.2) is 47.3 Å². The third kappa shape index (κ3) is 6.23. The fourth-order valence-electron chi connectivity index (χ4n) is 4.54. The van der Waals surface area contributed by atoms with E-state index in [2.05, 4.69) is 30.4 Å². The van der Waals surface area contributed by atoms with Crippen molar-refractivity contribution < 1.29 is 24.5 Å². The zero-order valence-corrected chi connectivity index (χ0v) is 22.9. The van der Waals surface area contributed by atoms with Gasteiger partial charge in [0.2, 0.25) is 0 Å². The summed E-state index contributed by atoms with van der Waals surface area (Å²) in [4.78, 5) is 17.9. The van der Waals surface area contributed by atoms with Gasteiger partial charge in [-0.2, -0.15) is 0 Å². The van der Waals surface area contributed by atoms with Crippen molar-refractivity contribution in [3.8, 4) is 22.8 Å². The van der Waals surface area contributed by atoms with Gasteiger partial charge < -0.3 is 25.0 Å². The third-order valence-corrected chi connectivity index (χ3v) is 7.31. The topological polar surface area (TPSA) is 101 Å². The Balaban J connectivity index is 1.56. The van der Waals surface area contributed by atoms with Crippen LogP contribution in [0.15, 0.2) is 54.6 Å². The minimum atomic E-state index is -1.31. The fourth-order valence-corrected chi connectivity index (χ4v) is 4.54. The summed E-state index contributed by atoms with van der Waals surface area (Å²) in [5.41, 5.74) is 3.57. The molecule has 0 amide bonds. The second-order valence-corrected chi connectivity index (χ2v) is 10.7. The van der Waals surface area contributed by atoms with Gasteiger partial charge in [0.25, 0.3) is 0 Å². The molecule has 7 nitrogen and oxygen atoms in total. The maximum Gasteiger partial charge on any atom is 0.163 e. The summed E-state index contributed by atoms with van der Waals surface area (Å²) in [6.07, 6.45) is 0.723. The maximum absolute atomic E-state index is 13.1. The van der Waals surface area contributed by atoms with E-state index in [1.54, 1.807) is 32.0 Å². The van der Waals surface area contributed by atoms with Crippen molar-refractivity contribution in [3.63, 3.8) is 0 Å². The first-order chi connectivity index (χ1) is 18.0. The number of methoxy groups -OCH3 is 1. The number of aliphatic hydroxyl groups is 2. The van der Waals surface area contributed by atoms with Gasteiger partial charge in [-0.3, -0.25) is 4.79 Å². The second kappa shape index (κ2) is 11.2. The third-order valence-electron chi connectivity index (χ3n) is 7.31. The van der Waals surface area contributed by atoms with E-state index in [0.29, 0.717) is 22.8 Å². The average Bonchev–Trinajstić information content (AvgIpc) is 2.89. The normalized spacial score (nSPS) is 19.2. The summed E-state index contributed by atoms with van der Waals surface area (Å²) < 4.78 is 10.9. The van der Waals surface area contributed by atoms with Crippen molar-refractivity contribution in [2.24, 2.45) is 0 Å². The Labute approximate surface area is 224 Å². The Morgan fingerprint density at radius 3 is 2.47 bits per heavy atom. The number of nitrogens with one attached hydrogen (secondary N) is 1.